The summed E-state index contributed by atoms with van der Waals surface area (Å²) in [6, 6.07) is 11.1. The van der Waals surface area contributed by atoms with Crippen LogP contribution < -0.4 is 9.64 Å². The SMILES string of the molecule is COc1ccccc1N1CCN(C(=O)CSc2cc(F)ccc2F)CC1. The van der Waals surface area contributed by atoms with Crippen LogP contribution >= 0.6 is 11.8 Å². The summed E-state index contributed by atoms with van der Waals surface area (Å²) in [7, 11) is 1.64. The molecule has 1 aliphatic heterocycles. The first-order valence-electron chi connectivity index (χ1n) is 8.32. The number of thioether (sulfide) groups is 1. The number of hydrogen-bond donors (Lipinski definition) is 0. The molecule has 26 heavy (non-hydrogen) atoms. The molecule has 2 aromatic rings. The number of anilines is 1. The number of halogens is 2. The molecule has 138 valence electrons. The number of methoxy groups -OCH3 is 1. The molecule has 1 heterocycles. The van der Waals surface area contributed by atoms with Crippen molar-refractivity contribution in [2.24, 2.45) is 0 Å². The van der Waals surface area contributed by atoms with Gasteiger partial charge in [-0.15, -0.1) is 11.8 Å². The number of para-hydroxylation sites is 2. The van der Waals surface area contributed by atoms with Crippen LogP contribution in [0, 0.1) is 11.6 Å². The fourth-order valence-corrected chi connectivity index (χ4v) is 3.77. The summed E-state index contributed by atoms with van der Waals surface area (Å²) in [5, 5.41) is 0. The molecular formula is C19H20F2N2O2S. The lowest BCUT2D eigenvalue weighted by Gasteiger charge is -2.36. The first-order chi connectivity index (χ1) is 12.6. The van der Waals surface area contributed by atoms with Crippen LogP contribution in [0.2, 0.25) is 0 Å². The van der Waals surface area contributed by atoms with Gasteiger partial charge < -0.3 is 14.5 Å². The molecule has 3 rings (SSSR count). The summed E-state index contributed by atoms with van der Waals surface area (Å²) < 4.78 is 32.2. The van der Waals surface area contributed by atoms with Gasteiger partial charge in [-0.3, -0.25) is 4.79 Å². The Morgan fingerprint density at radius 1 is 1.12 bits per heavy atom. The van der Waals surface area contributed by atoms with Gasteiger partial charge in [-0.1, -0.05) is 12.1 Å². The number of nitrogens with zero attached hydrogens (tertiary/aromatic N) is 2. The maximum atomic E-state index is 13.6. The van der Waals surface area contributed by atoms with Crippen LogP contribution in [-0.2, 0) is 4.79 Å². The van der Waals surface area contributed by atoms with Crippen LogP contribution in [0.1, 0.15) is 0 Å². The lowest BCUT2D eigenvalue weighted by Crippen LogP contribution is -2.49. The monoisotopic (exact) mass is 378 g/mol. The third-order valence-electron chi connectivity index (χ3n) is 4.30. The number of carbonyl (C=O) groups is 1. The molecule has 0 radical (unpaired) electrons. The van der Waals surface area contributed by atoms with E-state index in [9.17, 15) is 13.6 Å². The molecule has 7 heteroatoms. The van der Waals surface area contributed by atoms with E-state index in [1.54, 1.807) is 12.0 Å². The minimum atomic E-state index is -0.509. The molecule has 1 amide bonds. The van der Waals surface area contributed by atoms with Crippen LogP contribution in [0.5, 0.6) is 5.75 Å². The second kappa shape index (κ2) is 8.40. The molecule has 0 aromatic heterocycles. The highest BCUT2D eigenvalue weighted by Gasteiger charge is 2.23. The van der Waals surface area contributed by atoms with Crippen LogP contribution in [0.25, 0.3) is 0 Å². The van der Waals surface area contributed by atoms with Gasteiger partial charge in [0, 0.05) is 31.1 Å². The van der Waals surface area contributed by atoms with E-state index in [0.29, 0.717) is 26.2 Å². The Labute approximate surface area is 155 Å². The molecule has 0 spiro atoms. The smallest absolute Gasteiger partial charge is 0.233 e. The molecule has 0 bridgehead atoms. The van der Waals surface area contributed by atoms with Crippen molar-refractivity contribution in [1.29, 1.82) is 0 Å². The predicted octanol–water partition coefficient (Wildman–Crippen LogP) is 3.41. The molecule has 1 aliphatic rings. The Morgan fingerprint density at radius 2 is 1.85 bits per heavy atom. The van der Waals surface area contributed by atoms with Crippen molar-refractivity contribution in [3.63, 3.8) is 0 Å². The number of piperazine rings is 1. The molecule has 0 N–H and O–H groups in total. The maximum absolute atomic E-state index is 13.6. The van der Waals surface area contributed by atoms with Crippen molar-refractivity contribution in [3.05, 3.63) is 54.1 Å². The van der Waals surface area contributed by atoms with Crippen LogP contribution in [0.3, 0.4) is 0 Å². The summed E-state index contributed by atoms with van der Waals surface area (Å²) in [4.78, 5) is 16.5. The van der Waals surface area contributed by atoms with Crippen LogP contribution in [0.15, 0.2) is 47.4 Å². The minimum absolute atomic E-state index is 0.0710. The molecule has 0 unspecified atom stereocenters. The van der Waals surface area contributed by atoms with Crippen molar-refractivity contribution in [2.45, 2.75) is 4.90 Å². The zero-order valence-electron chi connectivity index (χ0n) is 14.5. The average Bonchev–Trinajstić information content (AvgIpc) is 2.68. The van der Waals surface area contributed by atoms with Crippen molar-refractivity contribution in [2.75, 3.05) is 43.9 Å². The molecule has 0 saturated carbocycles. The van der Waals surface area contributed by atoms with Gasteiger partial charge in [0.2, 0.25) is 5.91 Å². The molecular weight excluding hydrogens is 358 g/mol. The third kappa shape index (κ3) is 4.27. The van der Waals surface area contributed by atoms with Gasteiger partial charge in [0.25, 0.3) is 0 Å². The Kier molecular flexibility index (Phi) is 5.98. The topological polar surface area (TPSA) is 32.8 Å². The van der Waals surface area contributed by atoms with Gasteiger partial charge in [0.1, 0.15) is 17.4 Å². The molecule has 0 aliphatic carbocycles. The second-order valence-electron chi connectivity index (χ2n) is 5.90. The summed E-state index contributed by atoms with van der Waals surface area (Å²) in [5.41, 5.74) is 1.01. The van der Waals surface area contributed by atoms with E-state index < -0.39 is 11.6 Å². The van der Waals surface area contributed by atoms with E-state index in [4.69, 9.17) is 4.74 Å². The molecule has 4 nitrogen and oxygen atoms in total. The number of benzene rings is 2. The minimum Gasteiger partial charge on any atom is -0.495 e. The van der Waals surface area contributed by atoms with E-state index in [1.807, 2.05) is 24.3 Å². The summed E-state index contributed by atoms with van der Waals surface area (Å²) in [6.07, 6.45) is 0. The lowest BCUT2D eigenvalue weighted by molar-refractivity contribution is -0.128. The van der Waals surface area contributed by atoms with E-state index in [2.05, 4.69) is 4.90 Å². The lowest BCUT2D eigenvalue weighted by atomic mass is 10.2. The summed E-state index contributed by atoms with van der Waals surface area (Å²) >= 11 is 1.03. The predicted molar refractivity (Wildman–Crippen MR) is 98.9 cm³/mol. The van der Waals surface area contributed by atoms with Gasteiger partial charge >= 0.3 is 0 Å². The highest BCUT2D eigenvalue weighted by molar-refractivity contribution is 8.00. The summed E-state index contributed by atoms with van der Waals surface area (Å²) in [6.45, 7) is 2.57. The Balaban J connectivity index is 1.54. The second-order valence-corrected chi connectivity index (χ2v) is 6.92. The molecule has 2 aromatic carbocycles. The number of amides is 1. The van der Waals surface area contributed by atoms with Gasteiger partial charge in [-0.25, -0.2) is 8.78 Å². The molecule has 1 fully saturated rings. The molecule has 1 saturated heterocycles. The molecule has 0 atom stereocenters. The van der Waals surface area contributed by atoms with Crippen molar-refractivity contribution in [1.82, 2.24) is 4.90 Å². The largest absolute Gasteiger partial charge is 0.495 e. The quantitative estimate of drug-likeness (QED) is 0.747. The van der Waals surface area contributed by atoms with Gasteiger partial charge in [0.15, 0.2) is 0 Å². The highest BCUT2D eigenvalue weighted by atomic mass is 32.2. The van der Waals surface area contributed by atoms with E-state index in [1.165, 1.54) is 0 Å². The Bertz CT molecular complexity index is 780. The van der Waals surface area contributed by atoms with Crippen molar-refractivity contribution >= 4 is 23.4 Å². The maximum Gasteiger partial charge on any atom is 0.233 e. The fraction of sp³-hybridized carbons (Fsp3) is 0.316. The van der Waals surface area contributed by atoms with Gasteiger partial charge in [-0.05, 0) is 30.3 Å². The number of rotatable bonds is 5. The average molecular weight is 378 g/mol. The normalized spacial score (nSPS) is 14.4. The number of hydrogen-bond acceptors (Lipinski definition) is 4. The third-order valence-corrected chi connectivity index (χ3v) is 5.32. The zero-order chi connectivity index (χ0) is 18.5. The number of ether oxygens (including phenoxy) is 1. The van der Waals surface area contributed by atoms with E-state index in [0.717, 1.165) is 41.4 Å². The Hall–Kier alpha value is -2.28. The van der Waals surface area contributed by atoms with Crippen molar-refractivity contribution in [3.8, 4) is 5.75 Å². The Morgan fingerprint density at radius 3 is 2.58 bits per heavy atom. The first kappa shape index (κ1) is 18.5. The fourth-order valence-electron chi connectivity index (χ4n) is 2.91. The summed E-state index contributed by atoms with van der Waals surface area (Å²) in [5.74, 6) is -0.186. The highest BCUT2D eigenvalue weighted by Crippen LogP contribution is 2.28. The van der Waals surface area contributed by atoms with E-state index >= 15 is 0 Å². The number of carbonyl (C=O) groups excluding carboxylic acids is 1. The first-order valence-corrected chi connectivity index (χ1v) is 9.30. The van der Waals surface area contributed by atoms with E-state index in [-0.39, 0.29) is 16.6 Å². The van der Waals surface area contributed by atoms with Crippen LogP contribution in [0.4, 0.5) is 14.5 Å². The van der Waals surface area contributed by atoms with Gasteiger partial charge in [0.05, 0.1) is 18.6 Å². The zero-order valence-corrected chi connectivity index (χ0v) is 15.3. The van der Waals surface area contributed by atoms with Crippen LogP contribution in [-0.4, -0.2) is 49.8 Å². The van der Waals surface area contributed by atoms with Crippen molar-refractivity contribution < 1.29 is 18.3 Å². The van der Waals surface area contributed by atoms with Gasteiger partial charge in [-0.2, -0.15) is 0 Å². The standard InChI is InChI=1S/C19H20F2N2O2S/c1-25-17-5-3-2-4-16(17)22-8-10-23(11-9-22)19(24)13-26-18-12-14(20)6-7-15(18)21/h2-7,12H,8-11,13H2,1H3.